The van der Waals surface area contributed by atoms with Gasteiger partial charge in [0.25, 0.3) is 0 Å². The number of nitriles is 1. The number of amides is 1. The number of hydrogen-bond donors (Lipinski definition) is 1. The Hall–Kier alpha value is -2.86. The van der Waals surface area contributed by atoms with E-state index in [0.717, 1.165) is 22.4 Å². The number of nitrogens with one attached hydrogen (secondary N) is 1. The van der Waals surface area contributed by atoms with Crippen molar-refractivity contribution in [3.05, 3.63) is 77.4 Å². The van der Waals surface area contributed by atoms with E-state index >= 15 is 0 Å². The topological polar surface area (TPSA) is 52.9 Å². The third-order valence-electron chi connectivity index (χ3n) is 3.90. The van der Waals surface area contributed by atoms with Crippen molar-refractivity contribution in [1.29, 1.82) is 5.26 Å². The van der Waals surface area contributed by atoms with Gasteiger partial charge in [-0.05, 0) is 18.1 Å². The SMILES string of the molecule is Cc1cccc(C2C=C(c3ccccc3)NC(=O)C2C#N)c1. The zero-order valence-electron chi connectivity index (χ0n) is 12.3. The Kier molecular flexibility index (Phi) is 3.76. The lowest BCUT2D eigenvalue weighted by atomic mass is 9.82. The molecule has 0 aliphatic carbocycles. The van der Waals surface area contributed by atoms with Crippen LogP contribution in [0.25, 0.3) is 5.70 Å². The minimum absolute atomic E-state index is 0.228. The fraction of sp³-hybridized carbons (Fsp3) is 0.158. The van der Waals surface area contributed by atoms with Crippen LogP contribution in [0, 0.1) is 24.2 Å². The Bertz CT molecular complexity index is 772. The average molecular weight is 288 g/mol. The Labute approximate surface area is 129 Å². The predicted molar refractivity (Wildman–Crippen MR) is 85.6 cm³/mol. The van der Waals surface area contributed by atoms with Crippen molar-refractivity contribution < 1.29 is 4.79 Å². The summed E-state index contributed by atoms with van der Waals surface area (Å²) in [5.74, 6) is -1.17. The Balaban J connectivity index is 2.08. The Morgan fingerprint density at radius 3 is 2.55 bits per heavy atom. The van der Waals surface area contributed by atoms with Crippen LogP contribution in [0.15, 0.2) is 60.7 Å². The zero-order chi connectivity index (χ0) is 15.5. The molecule has 1 aliphatic heterocycles. The Morgan fingerprint density at radius 2 is 1.86 bits per heavy atom. The fourth-order valence-electron chi connectivity index (χ4n) is 2.78. The average Bonchev–Trinajstić information content (AvgIpc) is 2.55. The second-order valence-corrected chi connectivity index (χ2v) is 5.48. The van der Waals surface area contributed by atoms with E-state index in [2.05, 4.69) is 11.4 Å². The molecule has 0 radical (unpaired) electrons. The molecule has 0 aromatic heterocycles. The first-order chi connectivity index (χ1) is 10.7. The van der Waals surface area contributed by atoms with E-state index < -0.39 is 5.92 Å². The molecule has 0 bridgehead atoms. The van der Waals surface area contributed by atoms with Crippen molar-refractivity contribution in [2.75, 3.05) is 0 Å². The van der Waals surface area contributed by atoms with Crippen LogP contribution in [0.1, 0.15) is 22.6 Å². The fourth-order valence-corrected chi connectivity index (χ4v) is 2.78. The van der Waals surface area contributed by atoms with Crippen molar-refractivity contribution in [2.45, 2.75) is 12.8 Å². The van der Waals surface area contributed by atoms with E-state index in [4.69, 9.17) is 0 Å². The molecule has 3 nitrogen and oxygen atoms in total. The van der Waals surface area contributed by atoms with Crippen molar-refractivity contribution in [3.8, 4) is 6.07 Å². The molecule has 1 N–H and O–H groups in total. The van der Waals surface area contributed by atoms with Crippen molar-refractivity contribution >= 4 is 11.6 Å². The molecule has 3 heteroatoms. The number of aryl methyl sites for hydroxylation is 1. The Morgan fingerprint density at radius 1 is 1.09 bits per heavy atom. The summed E-state index contributed by atoms with van der Waals surface area (Å²) in [5, 5.41) is 12.2. The van der Waals surface area contributed by atoms with E-state index in [1.54, 1.807) is 0 Å². The zero-order valence-corrected chi connectivity index (χ0v) is 12.3. The number of rotatable bonds is 2. The van der Waals surface area contributed by atoms with Gasteiger partial charge in [-0.3, -0.25) is 4.79 Å². The lowest BCUT2D eigenvalue weighted by Gasteiger charge is -2.26. The van der Waals surface area contributed by atoms with Gasteiger partial charge < -0.3 is 5.32 Å². The summed E-state index contributed by atoms with van der Waals surface area (Å²) in [6.45, 7) is 2.01. The minimum Gasteiger partial charge on any atom is -0.325 e. The molecule has 2 unspecified atom stereocenters. The molecule has 0 fully saturated rings. The quantitative estimate of drug-likeness (QED) is 0.921. The normalized spacial score (nSPS) is 20.7. The maximum Gasteiger partial charge on any atom is 0.242 e. The highest BCUT2D eigenvalue weighted by Crippen LogP contribution is 2.33. The van der Waals surface area contributed by atoms with Crippen molar-refractivity contribution in [2.24, 2.45) is 5.92 Å². The highest BCUT2D eigenvalue weighted by atomic mass is 16.2. The van der Waals surface area contributed by atoms with Gasteiger partial charge in [-0.25, -0.2) is 0 Å². The van der Waals surface area contributed by atoms with Gasteiger partial charge >= 0.3 is 0 Å². The first-order valence-electron chi connectivity index (χ1n) is 7.23. The predicted octanol–water partition coefficient (Wildman–Crippen LogP) is 3.39. The first-order valence-corrected chi connectivity index (χ1v) is 7.23. The molecule has 1 amide bonds. The summed E-state index contributed by atoms with van der Waals surface area (Å²) in [6.07, 6.45) is 1.99. The third-order valence-corrected chi connectivity index (χ3v) is 3.90. The number of allylic oxidation sites excluding steroid dienone is 1. The molecule has 1 aliphatic rings. The highest BCUT2D eigenvalue weighted by molar-refractivity contribution is 5.93. The summed E-state index contributed by atoms with van der Waals surface area (Å²) < 4.78 is 0. The second kappa shape index (κ2) is 5.87. The standard InChI is InChI=1S/C19H16N2O/c1-13-6-5-9-15(10-13)16-11-18(14-7-3-2-4-8-14)21-19(22)17(16)12-20/h2-11,16-17H,1H3,(H,21,22). The van der Waals surface area contributed by atoms with Crippen LogP contribution in [0.5, 0.6) is 0 Å². The maximum absolute atomic E-state index is 12.3. The van der Waals surface area contributed by atoms with Crippen LogP contribution in [-0.4, -0.2) is 5.91 Å². The van der Waals surface area contributed by atoms with Crippen LogP contribution in [0.2, 0.25) is 0 Å². The van der Waals surface area contributed by atoms with E-state index in [0.29, 0.717) is 0 Å². The molecule has 0 spiro atoms. The van der Waals surface area contributed by atoms with Gasteiger partial charge in [-0.15, -0.1) is 0 Å². The number of hydrogen-bond acceptors (Lipinski definition) is 2. The molecular formula is C19H16N2O. The van der Waals surface area contributed by atoms with Gasteiger partial charge in [0.15, 0.2) is 0 Å². The smallest absolute Gasteiger partial charge is 0.242 e. The number of nitrogens with zero attached hydrogens (tertiary/aromatic N) is 1. The second-order valence-electron chi connectivity index (χ2n) is 5.48. The van der Waals surface area contributed by atoms with Crippen LogP contribution in [0.4, 0.5) is 0 Å². The highest BCUT2D eigenvalue weighted by Gasteiger charge is 2.33. The largest absolute Gasteiger partial charge is 0.325 e. The monoisotopic (exact) mass is 288 g/mol. The molecule has 2 atom stereocenters. The molecular weight excluding hydrogens is 272 g/mol. The number of benzene rings is 2. The minimum atomic E-state index is -0.700. The van der Waals surface area contributed by atoms with Gasteiger partial charge in [0.1, 0.15) is 5.92 Å². The van der Waals surface area contributed by atoms with Crippen LogP contribution in [-0.2, 0) is 4.79 Å². The molecule has 2 aromatic carbocycles. The van der Waals surface area contributed by atoms with Crippen LogP contribution >= 0.6 is 0 Å². The summed E-state index contributed by atoms with van der Waals surface area (Å²) in [5.41, 5.74) is 3.83. The summed E-state index contributed by atoms with van der Waals surface area (Å²) >= 11 is 0. The van der Waals surface area contributed by atoms with Gasteiger partial charge in [-0.1, -0.05) is 66.2 Å². The van der Waals surface area contributed by atoms with Crippen LogP contribution in [0.3, 0.4) is 0 Å². The number of carbonyl (C=O) groups excluding carboxylic acids is 1. The van der Waals surface area contributed by atoms with Gasteiger partial charge in [-0.2, -0.15) is 5.26 Å². The van der Waals surface area contributed by atoms with E-state index in [1.807, 2.05) is 67.6 Å². The molecule has 3 rings (SSSR count). The molecule has 2 aromatic rings. The van der Waals surface area contributed by atoms with E-state index in [9.17, 15) is 10.1 Å². The number of carbonyl (C=O) groups is 1. The summed E-state index contributed by atoms with van der Waals surface area (Å²) in [7, 11) is 0. The molecule has 1 heterocycles. The molecule has 108 valence electrons. The molecule has 22 heavy (non-hydrogen) atoms. The van der Waals surface area contributed by atoms with Gasteiger partial charge in [0.05, 0.1) is 6.07 Å². The summed E-state index contributed by atoms with van der Waals surface area (Å²) in [6, 6.07) is 19.8. The van der Waals surface area contributed by atoms with Crippen LogP contribution < -0.4 is 5.32 Å². The van der Waals surface area contributed by atoms with E-state index in [1.165, 1.54) is 0 Å². The molecule has 0 saturated carbocycles. The summed E-state index contributed by atoms with van der Waals surface area (Å²) in [4.78, 5) is 12.3. The maximum atomic E-state index is 12.3. The van der Waals surface area contributed by atoms with Crippen molar-refractivity contribution in [3.63, 3.8) is 0 Å². The van der Waals surface area contributed by atoms with Gasteiger partial charge in [0.2, 0.25) is 5.91 Å². The lowest BCUT2D eigenvalue weighted by molar-refractivity contribution is -0.122. The van der Waals surface area contributed by atoms with Gasteiger partial charge in [0, 0.05) is 11.6 Å². The first kappa shape index (κ1) is 14.1. The molecule has 0 saturated heterocycles. The van der Waals surface area contributed by atoms with Crippen molar-refractivity contribution in [1.82, 2.24) is 5.32 Å². The lowest BCUT2D eigenvalue weighted by Crippen LogP contribution is -2.36. The third kappa shape index (κ3) is 2.64. The van der Waals surface area contributed by atoms with E-state index in [-0.39, 0.29) is 11.8 Å².